The molecule has 0 amide bonds. The molecule has 2 fully saturated rings. The van der Waals surface area contributed by atoms with E-state index in [9.17, 15) is 5.11 Å². The summed E-state index contributed by atoms with van der Waals surface area (Å²) >= 11 is 8.25. The Kier molecular flexibility index (Phi) is 5.02. The van der Waals surface area contributed by atoms with Gasteiger partial charge in [-0.3, -0.25) is 4.90 Å². The van der Waals surface area contributed by atoms with E-state index >= 15 is 0 Å². The molecule has 0 radical (unpaired) electrons. The predicted octanol–water partition coefficient (Wildman–Crippen LogP) is 4.78. The summed E-state index contributed by atoms with van der Waals surface area (Å²) in [6, 6.07) is 14.1. The molecule has 1 saturated carbocycles. The molecule has 32 heavy (non-hydrogen) atoms. The van der Waals surface area contributed by atoms with Crippen molar-refractivity contribution < 1.29 is 14.6 Å². The van der Waals surface area contributed by atoms with Gasteiger partial charge in [0, 0.05) is 29.2 Å². The zero-order valence-electron chi connectivity index (χ0n) is 17.5. The molecule has 1 saturated heterocycles. The number of fused-ring (bicyclic) bond motifs is 1. The quantitative estimate of drug-likeness (QED) is 0.541. The van der Waals surface area contributed by atoms with Gasteiger partial charge in [0.15, 0.2) is 16.6 Å². The van der Waals surface area contributed by atoms with Crippen LogP contribution in [0.25, 0.3) is 0 Å². The molecule has 3 aliphatic rings. The first-order valence-corrected chi connectivity index (χ1v) is 12.1. The van der Waals surface area contributed by atoms with Crippen LogP contribution in [0.2, 0.25) is 5.02 Å². The van der Waals surface area contributed by atoms with E-state index in [1.807, 2.05) is 30.5 Å². The molecular weight excluding hydrogens is 446 g/mol. The maximum atomic E-state index is 10.2. The highest BCUT2D eigenvalue weighted by Gasteiger charge is 2.46. The number of benzene rings is 2. The lowest BCUT2D eigenvalue weighted by Crippen LogP contribution is -2.28. The van der Waals surface area contributed by atoms with Crippen molar-refractivity contribution in [1.82, 2.24) is 9.88 Å². The summed E-state index contributed by atoms with van der Waals surface area (Å²) in [5, 5.41) is 15.5. The molecule has 1 aromatic heterocycles. The number of hydrogen-bond acceptors (Lipinski definition) is 7. The van der Waals surface area contributed by atoms with Gasteiger partial charge >= 0.3 is 0 Å². The maximum Gasteiger partial charge on any atom is 0.231 e. The number of nitrogens with zero attached hydrogens (tertiary/aromatic N) is 2. The van der Waals surface area contributed by atoms with Crippen LogP contribution < -0.4 is 14.8 Å². The topological polar surface area (TPSA) is 66.9 Å². The highest BCUT2D eigenvalue weighted by Crippen LogP contribution is 2.51. The molecule has 0 spiro atoms. The fourth-order valence-electron chi connectivity index (χ4n) is 4.71. The summed E-state index contributed by atoms with van der Waals surface area (Å²) in [7, 11) is 0. The maximum absolute atomic E-state index is 10.2. The Labute approximate surface area is 195 Å². The standard InChI is InChI=1S/C24H24ClN3O3S/c25-18-4-2-1-3-17(18)22(28-10-7-16(29)13-28)21-12-26-23(32-21)27-24(8-9-24)15-5-6-19-20(11-15)31-14-30-19/h1-6,11-12,16,22,29H,7-10,13-14H2,(H,26,27). The molecule has 2 unspecified atom stereocenters. The molecule has 2 aromatic carbocycles. The number of nitrogens with one attached hydrogen (secondary N) is 1. The zero-order chi connectivity index (χ0) is 21.7. The molecule has 8 heteroatoms. The minimum Gasteiger partial charge on any atom is -0.454 e. The monoisotopic (exact) mass is 469 g/mol. The Morgan fingerprint density at radius 1 is 1.19 bits per heavy atom. The largest absolute Gasteiger partial charge is 0.454 e. The van der Waals surface area contributed by atoms with Crippen molar-refractivity contribution in [3.63, 3.8) is 0 Å². The van der Waals surface area contributed by atoms with Gasteiger partial charge in [-0.25, -0.2) is 4.98 Å². The van der Waals surface area contributed by atoms with Crippen molar-refractivity contribution >= 4 is 28.1 Å². The second-order valence-corrected chi connectivity index (χ2v) is 10.2. The lowest BCUT2D eigenvalue weighted by Gasteiger charge is -2.27. The number of hydrogen-bond donors (Lipinski definition) is 2. The van der Waals surface area contributed by atoms with Gasteiger partial charge in [0.1, 0.15) is 0 Å². The molecule has 1 aliphatic carbocycles. The number of ether oxygens (including phenoxy) is 2. The average molecular weight is 470 g/mol. The highest BCUT2D eigenvalue weighted by molar-refractivity contribution is 7.15. The number of anilines is 1. The van der Waals surface area contributed by atoms with Crippen molar-refractivity contribution in [3.8, 4) is 11.5 Å². The number of aromatic nitrogens is 1. The molecule has 6 rings (SSSR count). The Morgan fingerprint density at radius 3 is 2.81 bits per heavy atom. The van der Waals surface area contributed by atoms with Gasteiger partial charge in [-0.05, 0) is 48.6 Å². The fraction of sp³-hybridized carbons (Fsp3) is 0.375. The van der Waals surface area contributed by atoms with E-state index in [4.69, 9.17) is 26.1 Å². The van der Waals surface area contributed by atoms with E-state index in [1.54, 1.807) is 11.3 Å². The minimum atomic E-state index is -0.300. The molecule has 6 nitrogen and oxygen atoms in total. The Bertz CT molecular complexity index is 1150. The van der Waals surface area contributed by atoms with Gasteiger partial charge in [0.05, 0.1) is 17.7 Å². The van der Waals surface area contributed by atoms with E-state index < -0.39 is 0 Å². The number of β-amino-alcohol motifs (C(OH)–C–C–N with tert-alkyl or cyclic N) is 1. The average Bonchev–Trinajstić information content (AvgIpc) is 3.14. The molecule has 2 N–H and O–H groups in total. The summed E-state index contributed by atoms with van der Waals surface area (Å²) < 4.78 is 11.0. The number of thiazole rings is 1. The van der Waals surface area contributed by atoms with E-state index in [0.29, 0.717) is 6.54 Å². The highest BCUT2D eigenvalue weighted by atomic mass is 35.5. The molecule has 0 bridgehead atoms. The van der Waals surface area contributed by atoms with Crippen LogP contribution >= 0.6 is 22.9 Å². The van der Waals surface area contributed by atoms with Gasteiger partial charge in [-0.1, -0.05) is 35.9 Å². The summed E-state index contributed by atoms with van der Waals surface area (Å²) in [6.45, 7) is 1.75. The molecule has 2 atom stereocenters. The van der Waals surface area contributed by atoms with Crippen molar-refractivity contribution in [2.24, 2.45) is 0 Å². The smallest absolute Gasteiger partial charge is 0.231 e. The molecular formula is C24H24ClN3O3S. The number of halogens is 1. The van der Waals surface area contributed by atoms with Crippen molar-refractivity contribution in [2.45, 2.75) is 36.9 Å². The van der Waals surface area contributed by atoms with Crippen LogP contribution in [0.3, 0.4) is 0 Å². The van der Waals surface area contributed by atoms with E-state index in [-0.39, 0.29) is 24.5 Å². The second kappa shape index (κ2) is 7.92. The van der Waals surface area contributed by atoms with Crippen LogP contribution in [0.4, 0.5) is 5.13 Å². The van der Waals surface area contributed by atoms with Gasteiger partial charge in [-0.2, -0.15) is 0 Å². The Balaban J connectivity index is 1.28. The SMILES string of the molecule is OC1CCN(C(c2cnc(NC3(c4ccc5c(c4)OCO5)CC3)s2)c2ccccc2Cl)C1. The number of aliphatic hydroxyl groups excluding tert-OH is 1. The number of aliphatic hydroxyl groups is 1. The lowest BCUT2D eigenvalue weighted by atomic mass is 10.0. The first-order valence-electron chi connectivity index (χ1n) is 10.9. The van der Waals surface area contributed by atoms with Gasteiger partial charge in [-0.15, -0.1) is 11.3 Å². The lowest BCUT2D eigenvalue weighted by molar-refractivity contribution is 0.167. The summed E-state index contributed by atoms with van der Waals surface area (Å²) in [4.78, 5) is 8.15. The van der Waals surface area contributed by atoms with Gasteiger partial charge in [0.25, 0.3) is 0 Å². The molecule has 3 heterocycles. The van der Waals surface area contributed by atoms with E-state index in [1.165, 1.54) is 5.56 Å². The second-order valence-electron chi connectivity index (χ2n) is 8.70. The molecule has 3 aromatic rings. The van der Waals surface area contributed by atoms with Crippen molar-refractivity contribution in [2.75, 3.05) is 25.2 Å². The van der Waals surface area contributed by atoms with Crippen LogP contribution in [-0.2, 0) is 5.54 Å². The van der Waals surface area contributed by atoms with Gasteiger partial charge in [0.2, 0.25) is 6.79 Å². The molecule has 2 aliphatic heterocycles. The number of likely N-dealkylation sites (tertiary alicyclic amines) is 1. The zero-order valence-corrected chi connectivity index (χ0v) is 19.0. The predicted molar refractivity (Wildman–Crippen MR) is 125 cm³/mol. The summed E-state index contributed by atoms with van der Waals surface area (Å²) in [5.74, 6) is 1.61. The third kappa shape index (κ3) is 3.63. The fourth-order valence-corrected chi connectivity index (χ4v) is 6.02. The van der Waals surface area contributed by atoms with Crippen LogP contribution in [0.15, 0.2) is 48.7 Å². The summed E-state index contributed by atoms with van der Waals surface area (Å²) in [6.07, 6.45) is 4.52. The van der Waals surface area contributed by atoms with Gasteiger partial charge < -0.3 is 19.9 Å². The third-order valence-electron chi connectivity index (χ3n) is 6.57. The van der Waals surface area contributed by atoms with Crippen LogP contribution in [-0.4, -0.2) is 41.0 Å². The first-order chi connectivity index (χ1) is 15.6. The normalized spacial score (nSPS) is 22.1. The summed E-state index contributed by atoms with van der Waals surface area (Å²) in [5.41, 5.74) is 2.14. The third-order valence-corrected chi connectivity index (χ3v) is 7.88. The Hall–Kier alpha value is -2.32. The Morgan fingerprint density at radius 2 is 2.03 bits per heavy atom. The van der Waals surface area contributed by atoms with Crippen LogP contribution in [0.1, 0.15) is 41.3 Å². The first kappa shape index (κ1) is 20.3. The van der Waals surface area contributed by atoms with Crippen LogP contribution in [0.5, 0.6) is 11.5 Å². The van der Waals surface area contributed by atoms with E-state index in [0.717, 1.165) is 57.9 Å². The van der Waals surface area contributed by atoms with E-state index in [2.05, 4.69) is 28.4 Å². The van der Waals surface area contributed by atoms with Crippen molar-refractivity contribution in [1.29, 1.82) is 0 Å². The molecule has 166 valence electrons. The number of rotatable bonds is 6. The van der Waals surface area contributed by atoms with Crippen LogP contribution in [0, 0.1) is 0 Å². The minimum absolute atomic E-state index is 0.0189. The van der Waals surface area contributed by atoms with Crippen molar-refractivity contribution in [3.05, 3.63) is 69.7 Å².